The predicted octanol–water partition coefficient (Wildman–Crippen LogP) is 2.83. The maximum atomic E-state index is 5.66. The van der Waals surface area contributed by atoms with E-state index in [9.17, 15) is 0 Å². The van der Waals surface area contributed by atoms with Crippen molar-refractivity contribution in [3.63, 3.8) is 0 Å². The molecule has 0 aliphatic carbocycles. The van der Waals surface area contributed by atoms with E-state index in [1.54, 1.807) is 6.20 Å². The first-order chi connectivity index (χ1) is 7.88. The number of alkyl halides is 1. The van der Waals surface area contributed by atoms with E-state index in [2.05, 4.69) is 27.4 Å². The summed E-state index contributed by atoms with van der Waals surface area (Å²) < 4.78 is 0. The fourth-order valence-electron chi connectivity index (χ4n) is 1.35. The number of nitrogens with zero attached hydrogens (tertiary/aromatic N) is 2. The molecule has 0 saturated heterocycles. The van der Waals surface area contributed by atoms with Gasteiger partial charge in [0.25, 0.3) is 0 Å². The van der Waals surface area contributed by atoms with E-state index < -0.39 is 0 Å². The molecule has 82 valence electrons. The lowest BCUT2D eigenvalue weighted by Crippen LogP contribution is -2.03. The normalized spacial score (nSPS) is 10.1. The molecule has 2 rings (SSSR count). The summed E-state index contributed by atoms with van der Waals surface area (Å²) >= 11 is 5.66. The maximum Gasteiger partial charge on any atom is 0.145 e. The smallest absolute Gasteiger partial charge is 0.145 e. The molecule has 0 aliphatic heterocycles. The molecule has 1 heterocycles. The Kier molecular flexibility index (Phi) is 3.72. The highest BCUT2D eigenvalue weighted by Gasteiger charge is 1.97. The maximum absolute atomic E-state index is 5.66. The van der Waals surface area contributed by atoms with E-state index in [0.29, 0.717) is 11.7 Å². The van der Waals surface area contributed by atoms with Gasteiger partial charge in [0.15, 0.2) is 0 Å². The zero-order valence-electron chi connectivity index (χ0n) is 8.73. The van der Waals surface area contributed by atoms with Crippen LogP contribution in [-0.2, 0) is 12.4 Å². The minimum atomic E-state index is 0.334. The highest BCUT2D eigenvalue weighted by molar-refractivity contribution is 6.16. The van der Waals surface area contributed by atoms with Crippen LogP contribution in [0.2, 0.25) is 0 Å². The van der Waals surface area contributed by atoms with Gasteiger partial charge in [-0.25, -0.2) is 9.97 Å². The van der Waals surface area contributed by atoms with Crippen molar-refractivity contribution >= 4 is 17.4 Å². The van der Waals surface area contributed by atoms with E-state index in [1.807, 2.05) is 24.3 Å². The van der Waals surface area contributed by atoms with Crippen molar-refractivity contribution in [2.45, 2.75) is 12.4 Å². The van der Waals surface area contributed by atoms with Gasteiger partial charge >= 0.3 is 0 Å². The molecule has 4 heteroatoms. The monoisotopic (exact) mass is 233 g/mol. The van der Waals surface area contributed by atoms with Gasteiger partial charge in [0, 0.05) is 12.7 Å². The third kappa shape index (κ3) is 2.94. The minimum absolute atomic E-state index is 0.334. The van der Waals surface area contributed by atoms with E-state index in [4.69, 9.17) is 11.6 Å². The highest BCUT2D eigenvalue weighted by Crippen LogP contribution is 2.06. The molecular formula is C12H12ClN3. The minimum Gasteiger partial charge on any atom is -0.366 e. The van der Waals surface area contributed by atoms with Gasteiger partial charge in [-0.05, 0) is 11.6 Å². The Morgan fingerprint density at radius 1 is 1.12 bits per heavy atom. The molecular weight excluding hydrogens is 222 g/mol. The van der Waals surface area contributed by atoms with Gasteiger partial charge in [0.1, 0.15) is 11.6 Å². The second kappa shape index (κ2) is 5.47. The number of hydrogen-bond acceptors (Lipinski definition) is 3. The highest BCUT2D eigenvalue weighted by atomic mass is 35.5. The van der Waals surface area contributed by atoms with Crippen LogP contribution in [0.25, 0.3) is 0 Å². The van der Waals surface area contributed by atoms with Gasteiger partial charge in [-0.15, -0.1) is 11.6 Å². The van der Waals surface area contributed by atoms with Crippen LogP contribution in [0.3, 0.4) is 0 Å². The lowest BCUT2D eigenvalue weighted by molar-refractivity contribution is 1.01. The number of hydrogen-bond donors (Lipinski definition) is 1. The van der Waals surface area contributed by atoms with Gasteiger partial charge in [-0.1, -0.05) is 30.3 Å². The molecule has 0 fully saturated rings. The molecule has 0 atom stereocenters. The SMILES string of the molecule is ClCc1nccc(NCc2ccccc2)n1. The first kappa shape index (κ1) is 10.9. The number of aromatic nitrogens is 2. The molecule has 16 heavy (non-hydrogen) atoms. The number of anilines is 1. The number of halogens is 1. The summed E-state index contributed by atoms with van der Waals surface area (Å²) in [6, 6.07) is 12.0. The summed E-state index contributed by atoms with van der Waals surface area (Å²) in [5, 5.41) is 3.23. The third-order valence-corrected chi connectivity index (χ3v) is 2.38. The Bertz CT molecular complexity index is 445. The molecule has 0 amide bonds. The van der Waals surface area contributed by atoms with Crippen molar-refractivity contribution in [2.24, 2.45) is 0 Å². The van der Waals surface area contributed by atoms with E-state index >= 15 is 0 Å². The average Bonchev–Trinajstić information content (AvgIpc) is 2.38. The molecule has 3 nitrogen and oxygen atoms in total. The van der Waals surface area contributed by atoms with Crippen LogP contribution in [-0.4, -0.2) is 9.97 Å². The van der Waals surface area contributed by atoms with Crippen LogP contribution in [0.5, 0.6) is 0 Å². The van der Waals surface area contributed by atoms with E-state index in [1.165, 1.54) is 5.56 Å². The second-order valence-corrected chi connectivity index (χ2v) is 3.60. The summed E-state index contributed by atoms with van der Waals surface area (Å²) in [5.41, 5.74) is 1.22. The van der Waals surface area contributed by atoms with Gasteiger partial charge in [-0.2, -0.15) is 0 Å². The number of benzene rings is 1. The number of nitrogens with one attached hydrogen (secondary N) is 1. The zero-order chi connectivity index (χ0) is 11.2. The fourth-order valence-corrected chi connectivity index (χ4v) is 1.48. The van der Waals surface area contributed by atoms with E-state index in [0.717, 1.165) is 12.4 Å². The van der Waals surface area contributed by atoms with Crippen molar-refractivity contribution in [1.82, 2.24) is 9.97 Å². The molecule has 0 spiro atoms. The Morgan fingerprint density at radius 2 is 1.94 bits per heavy atom. The molecule has 0 unspecified atom stereocenters. The summed E-state index contributed by atoms with van der Waals surface area (Å²) in [4.78, 5) is 8.28. The Balaban J connectivity index is 1.99. The van der Waals surface area contributed by atoms with Crippen molar-refractivity contribution in [3.8, 4) is 0 Å². The molecule has 0 radical (unpaired) electrons. The molecule has 0 saturated carbocycles. The van der Waals surface area contributed by atoms with Crippen molar-refractivity contribution in [1.29, 1.82) is 0 Å². The van der Waals surface area contributed by atoms with Gasteiger partial charge < -0.3 is 5.32 Å². The largest absolute Gasteiger partial charge is 0.366 e. The first-order valence-electron chi connectivity index (χ1n) is 5.04. The van der Waals surface area contributed by atoms with Crippen LogP contribution in [0.1, 0.15) is 11.4 Å². The predicted molar refractivity (Wildman–Crippen MR) is 65.4 cm³/mol. The van der Waals surface area contributed by atoms with Gasteiger partial charge in [0.05, 0.1) is 5.88 Å². The average molecular weight is 234 g/mol. The molecule has 1 aromatic carbocycles. The Labute approximate surface area is 99.5 Å². The fraction of sp³-hybridized carbons (Fsp3) is 0.167. The Hall–Kier alpha value is -1.61. The van der Waals surface area contributed by atoms with Gasteiger partial charge in [0.2, 0.25) is 0 Å². The van der Waals surface area contributed by atoms with Crippen LogP contribution < -0.4 is 5.32 Å². The summed E-state index contributed by atoms with van der Waals surface area (Å²) in [6.07, 6.45) is 1.71. The van der Waals surface area contributed by atoms with Crippen molar-refractivity contribution in [3.05, 3.63) is 54.0 Å². The third-order valence-electron chi connectivity index (χ3n) is 2.14. The van der Waals surface area contributed by atoms with Crippen LogP contribution >= 0.6 is 11.6 Å². The summed E-state index contributed by atoms with van der Waals surface area (Å²) in [6.45, 7) is 0.750. The lowest BCUT2D eigenvalue weighted by atomic mass is 10.2. The summed E-state index contributed by atoms with van der Waals surface area (Å²) in [7, 11) is 0. The zero-order valence-corrected chi connectivity index (χ0v) is 9.48. The second-order valence-electron chi connectivity index (χ2n) is 3.33. The van der Waals surface area contributed by atoms with Crippen LogP contribution in [0.15, 0.2) is 42.6 Å². The molecule has 0 bridgehead atoms. The lowest BCUT2D eigenvalue weighted by Gasteiger charge is -2.05. The first-order valence-corrected chi connectivity index (χ1v) is 5.57. The van der Waals surface area contributed by atoms with Gasteiger partial charge in [-0.3, -0.25) is 0 Å². The van der Waals surface area contributed by atoms with Crippen LogP contribution in [0, 0.1) is 0 Å². The van der Waals surface area contributed by atoms with E-state index in [-0.39, 0.29) is 0 Å². The molecule has 1 aromatic heterocycles. The van der Waals surface area contributed by atoms with Crippen molar-refractivity contribution in [2.75, 3.05) is 5.32 Å². The topological polar surface area (TPSA) is 37.8 Å². The van der Waals surface area contributed by atoms with Crippen LogP contribution in [0.4, 0.5) is 5.82 Å². The summed E-state index contributed by atoms with van der Waals surface area (Å²) in [5.74, 6) is 1.77. The molecule has 0 aliphatic rings. The molecule has 2 aromatic rings. The number of rotatable bonds is 4. The quantitative estimate of drug-likeness (QED) is 0.826. The standard InChI is InChI=1S/C12H12ClN3/c13-8-12-14-7-6-11(16-12)15-9-10-4-2-1-3-5-10/h1-7H,8-9H2,(H,14,15,16). The van der Waals surface area contributed by atoms with Crippen molar-refractivity contribution < 1.29 is 0 Å². The Morgan fingerprint density at radius 3 is 2.69 bits per heavy atom. The molecule has 1 N–H and O–H groups in total.